The first-order valence-electron chi connectivity index (χ1n) is 8.83. The molecule has 2 saturated heterocycles. The van der Waals surface area contributed by atoms with E-state index in [0.717, 1.165) is 63.4 Å². The van der Waals surface area contributed by atoms with Crippen molar-refractivity contribution in [2.24, 2.45) is 0 Å². The van der Waals surface area contributed by atoms with Gasteiger partial charge >= 0.3 is 0 Å². The predicted octanol–water partition coefficient (Wildman–Crippen LogP) is 1.95. The van der Waals surface area contributed by atoms with Gasteiger partial charge in [-0.25, -0.2) is 0 Å². The Morgan fingerprint density at radius 3 is 2.75 bits per heavy atom. The Kier molecular flexibility index (Phi) is 5.41. The molecule has 0 unspecified atom stereocenters. The normalized spacial score (nSPS) is 21.5. The first kappa shape index (κ1) is 17.2. The van der Waals surface area contributed by atoms with Crippen molar-refractivity contribution in [3.8, 4) is 5.75 Å². The van der Waals surface area contributed by atoms with E-state index in [1.54, 1.807) is 7.11 Å². The van der Waals surface area contributed by atoms with Crippen LogP contribution in [-0.2, 0) is 16.0 Å². The molecule has 24 heavy (non-hydrogen) atoms. The Hall–Kier alpha value is -1.59. The van der Waals surface area contributed by atoms with Crippen LogP contribution in [0.15, 0.2) is 24.3 Å². The molecule has 0 aliphatic carbocycles. The second-order valence-corrected chi connectivity index (χ2v) is 6.96. The van der Waals surface area contributed by atoms with Crippen molar-refractivity contribution in [1.29, 1.82) is 0 Å². The predicted molar refractivity (Wildman–Crippen MR) is 93.3 cm³/mol. The Bertz CT molecular complexity index is 569. The Morgan fingerprint density at radius 2 is 2.00 bits per heavy atom. The van der Waals surface area contributed by atoms with Gasteiger partial charge in [0.25, 0.3) is 0 Å². The maximum atomic E-state index is 13.1. The van der Waals surface area contributed by atoms with Gasteiger partial charge < -0.3 is 19.3 Å². The second kappa shape index (κ2) is 7.53. The Balaban J connectivity index is 1.78. The van der Waals surface area contributed by atoms with Crippen LogP contribution in [0.5, 0.6) is 5.75 Å². The van der Waals surface area contributed by atoms with Crippen molar-refractivity contribution in [3.63, 3.8) is 0 Å². The van der Waals surface area contributed by atoms with E-state index in [1.165, 1.54) is 0 Å². The summed E-state index contributed by atoms with van der Waals surface area (Å²) >= 11 is 0. The highest BCUT2D eigenvalue weighted by Crippen LogP contribution is 2.34. The zero-order chi connectivity index (χ0) is 17.0. The summed E-state index contributed by atoms with van der Waals surface area (Å²) in [5.41, 5.74) is 0.984. The van der Waals surface area contributed by atoms with Gasteiger partial charge in [-0.15, -0.1) is 0 Å². The highest BCUT2D eigenvalue weighted by Gasteiger charge is 2.42. The third kappa shape index (κ3) is 3.73. The summed E-state index contributed by atoms with van der Waals surface area (Å²) in [6.07, 6.45) is 3.37. The molecule has 0 aromatic heterocycles. The molecule has 3 rings (SSSR count). The van der Waals surface area contributed by atoms with Gasteiger partial charge in [-0.1, -0.05) is 12.1 Å². The number of carbonyl (C=O) groups excluding carboxylic acids is 1. The Morgan fingerprint density at radius 1 is 1.21 bits per heavy atom. The third-order valence-electron chi connectivity index (χ3n) is 5.45. The lowest BCUT2D eigenvalue weighted by molar-refractivity contribution is -0.141. The molecular formula is C19H28N2O3. The van der Waals surface area contributed by atoms with E-state index in [0.29, 0.717) is 6.42 Å². The topological polar surface area (TPSA) is 42.0 Å². The molecule has 0 N–H and O–H groups in total. The number of carbonyl (C=O) groups is 1. The van der Waals surface area contributed by atoms with E-state index < -0.39 is 0 Å². The van der Waals surface area contributed by atoms with E-state index in [2.05, 4.69) is 16.8 Å². The number of hydrogen-bond acceptors (Lipinski definition) is 4. The quantitative estimate of drug-likeness (QED) is 0.848. The molecule has 0 radical (unpaired) electrons. The number of rotatable bonds is 3. The van der Waals surface area contributed by atoms with E-state index in [9.17, 15) is 4.79 Å². The van der Waals surface area contributed by atoms with Crippen LogP contribution in [0.1, 0.15) is 24.8 Å². The summed E-state index contributed by atoms with van der Waals surface area (Å²) in [6.45, 7) is 4.30. The van der Waals surface area contributed by atoms with Gasteiger partial charge in [-0.05, 0) is 44.0 Å². The third-order valence-corrected chi connectivity index (χ3v) is 5.45. The molecule has 1 aromatic carbocycles. The van der Waals surface area contributed by atoms with Gasteiger partial charge in [0, 0.05) is 38.4 Å². The minimum absolute atomic E-state index is 0.0288. The number of amides is 1. The summed E-state index contributed by atoms with van der Waals surface area (Å²) in [6, 6.07) is 7.82. The zero-order valence-electron chi connectivity index (χ0n) is 14.8. The van der Waals surface area contributed by atoms with Crippen molar-refractivity contribution in [1.82, 2.24) is 9.80 Å². The highest BCUT2D eigenvalue weighted by molar-refractivity contribution is 5.79. The lowest BCUT2D eigenvalue weighted by Crippen LogP contribution is -2.55. The van der Waals surface area contributed by atoms with Gasteiger partial charge in [0.2, 0.25) is 5.91 Å². The van der Waals surface area contributed by atoms with Crippen LogP contribution in [0.4, 0.5) is 0 Å². The van der Waals surface area contributed by atoms with Crippen molar-refractivity contribution < 1.29 is 14.3 Å². The van der Waals surface area contributed by atoms with Crippen molar-refractivity contribution >= 4 is 5.91 Å². The van der Waals surface area contributed by atoms with Crippen LogP contribution in [0, 0.1) is 0 Å². The molecule has 1 amide bonds. The van der Waals surface area contributed by atoms with Crippen molar-refractivity contribution in [3.05, 3.63) is 29.8 Å². The Labute approximate surface area is 144 Å². The molecule has 1 aromatic rings. The molecule has 5 heteroatoms. The van der Waals surface area contributed by atoms with E-state index >= 15 is 0 Å². The number of ether oxygens (including phenoxy) is 2. The van der Waals surface area contributed by atoms with Crippen molar-refractivity contribution in [2.75, 3.05) is 47.0 Å². The molecule has 2 fully saturated rings. The number of likely N-dealkylation sites (N-methyl/N-ethyl adjacent to an activating group) is 1. The van der Waals surface area contributed by atoms with Gasteiger partial charge in [0.15, 0.2) is 0 Å². The van der Waals surface area contributed by atoms with Gasteiger partial charge in [-0.2, -0.15) is 0 Å². The highest BCUT2D eigenvalue weighted by atomic mass is 16.5. The van der Waals surface area contributed by atoms with Crippen LogP contribution in [0.2, 0.25) is 0 Å². The summed E-state index contributed by atoms with van der Waals surface area (Å²) in [5.74, 6) is 1.03. The maximum absolute atomic E-state index is 13.1. The summed E-state index contributed by atoms with van der Waals surface area (Å²) in [5, 5.41) is 0. The zero-order valence-corrected chi connectivity index (χ0v) is 14.8. The van der Waals surface area contributed by atoms with Gasteiger partial charge in [0.1, 0.15) is 5.75 Å². The van der Waals surface area contributed by atoms with Crippen LogP contribution in [-0.4, -0.2) is 68.3 Å². The molecule has 0 saturated carbocycles. The first-order chi connectivity index (χ1) is 11.6. The number of methoxy groups -OCH3 is 1. The molecule has 5 nitrogen and oxygen atoms in total. The summed E-state index contributed by atoms with van der Waals surface area (Å²) in [4.78, 5) is 17.6. The van der Waals surface area contributed by atoms with E-state index in [1.807, 2.05) is 24.3 Å². The van der Waals surface area contributed by atoms with Crippen molar-refractivity contribution in [2.45, 2.75) is 31.2 Å². The molecule has 132 valence electrons. The SMILES string of the molecule is COc1cccc(CC(=O)N2CCN(C)CCC23CCOCC3)c1. The lowest BCUT2D eigenvalue weighted by Gasteiger charge is -2.45. The number of benzene rings is 1. The minimum atomic E-state index is -0.0288. The van der Waals surface area contributed by atoms with Crippen LogP contribution < -0.4 is 4.74 Å². The summed E-state index contributed by atoms with van der Waals surface area (Å²) in [7, 11) is 3.80. The smallest absolute Gasteiger partial charge is 0.227 e. The minimum Gasteiger partial charge on any atom is -0.497 e. The van der Waals surface area contributed by atoms with Crippen LogP contribution in [0.3, 0.4) is 0 Å². The van der Waals surface area contributed by atoms with Gasteiger partial charge in [-0.3, -0.25) is 4.79 Å². The molecule has 0 atom stereocenters. The second-order valence-electron chi connectivity index (χ2n) is 6.96. The molecule has 2 heterocycles. The number of nitrogens with zero attached hydrogens (tertiary/aromatic N) is 2. The fourth-order valence-electron chi connectivity index (χ4n) is 3.87. The molecule has 1 spiro atoms. The number of hydrogen-bond donors (Lipinski definition) is 0. The van der Waals surface area contributed by atoms with Crippen LogP contribution >= 0.6 is 0 Å². The fourth-order valence-corrected chi connectivity index (χ4v) is 3.87. The fraction of sp³-hybridized carbons (Fsp3) is 0.632. The lowest BCUT2D eigenvalue weighted by atomic mass is 9.84. The average molecular weight is 332 g/mol. The standard InChI is InChI=1S/C19H28N2O3/c1-20-9-6-19(7-12-24-13-8-19)21(11-10-20)18(22)15-16-4-3-5-17(14-16)23-2/h3-5,14H,6-13,15H2,1-2H3. The monoisotopic (exact) mass is 332 g/mol. The average Bonchev–Trinajstić information content (AvgIpc) is 2.75. The van der Waals surface area contributed by atoms with E-state index in [4.69, 9.17) is 9.47 Å². The molecule has 0 bridgehead atoms. The molecular weight excluding hydrogens is 304 g/mol. The van der Waals surface area contributed by atoms with E-state index in [-0.39, 0.29) is 11.4 Å². The largest absolute Gasteiger partial charge is 0.497 e. The van der Waals surface area contributed by atoms with Gasteiger partial charge in [0.05, 0.1) is 13.5 Å². The summed E-state index contributed by atoms with van der Waals surface area (Å²) < 4.78 is 10.9. The van der Waals surface area contributed by atoms with Crippen LogP contribution in [0.25, 0.3) is 0 Å². The molecule has 2 aliphatic rings. The maximum Gasteiger partial charge on any atom is 0.227 e. The molecule has 2 aliphatic heterocycles. The first-order valence-corrected chi connectivity index (χ1v) is 8.83.